The molecule has 1 aliphatic carbocycles. The number of hydrogen-bond donors (Lipinski definition) is 1. The Balaban J connectivity index is 1.91. The van der Waals surface area contributed by atoms with Gasteiger partial charge in [-0.2, -0.15) is 0 Å². The fourth-order valence-electron chi connectivity index (χ4n) is 2.32. The topological polar surface area (TPSA) is 38.9 Å². The molecule has 19 heavy (non-hydrogen) atoms. The highest BCUT2D eigenvalue weighted by Gasteiger charge is 2.33. The van der Waals surface area contributed by atoms with Crippen LogP contribution in [0.15, 0.2) is 30.3 Å². The minimum absolute atomic E-state index is 0.273. The van der Waals surface area contributed by atoms with Gasteiger partial charge in [0, 0.05) is 22.8 Å². The second-order valence-electron chi connectivity index (χ2n) is 5.98. The summed E-state index contributed by atoms with van der Waals surface area (Å²) in [5, 5.41) is 1.20. The molecule has 1 aromatic heterocycles. The second-order valence-corrected chi connectivity index (χ2v) is 7.06. The Morgan fingerprint density at radius 1 is 1.26 bits per heavy atom. The highest BCUT2D eigenvalue weighted by atomic mass is 32.1. The van der Waals surface area contributed by atoms with Gasteiger partial charge in [-0.3, -0.25) is 0 Å². The molecule has 0 radical (unpaired) electrons. The summed E-state index contributed by atoms with van der Waals surface area (Å²) in [5.41, 5.74) is 8.61. The maximum Gasteiger partial charge on any atom is 0.0975 e. The lowest BCUT2D eigenvalue weighted by molar-refractivity contribution is 0.558. The lowest BCUT2D eigenvalue weighted by atomic mass is 10.0. The van der Waals surface area contributed by atoms with Crippen molar-refractivity contribution in [2.45, 2.75) is 44.6 Å². The molecular weight excluding hydrogens is 252 g/mol. The third kappa shape index (κ3) is 2.88. The van der Waals surface area contributed by atoms with Gasteiger partial charge in [0.1, 0.15) is 0 Å². The first-order valence-electron chi connectivity index (χ1n) is 6.87. The molecule has 0 aliphatic heterocycles. The van der Waals surface area contributed by atoms with Crippen LogP contribution in [0.4, 0.5) is 0 Å². The summed E-state index contributed by atoms with van der Waals surface area (Å²) in [7, 11) is 0. The van der Waals surface area contributed by atoms with Crippen molar-refractivity contribution in [2.24, 2.45) is 5.73 Å². The number of hydrogen-bond acceptors (Lipinski definition) is 3. The van der Waals surface area contributed by atoms with E-state index in [4.69, 9.17) is 10.7 Å². The number of nitrogens with zero attached hydrogens (tertiary/aromatic N) is 1. The first kappa shape index (κ1) is 12.8. The average molecular weight is 272 g/mol. The predicted octanol–water partition coefficient (Wildman–Crippen LogP) is 3.81. The highest BCUT2D eigenvalue weighted by Crippen LogP contribution is 2.45. The highest BCUT2D eigenvalue weighted by molar-refractivity contribution is 7.12. The van der Waals surface area contributed by atoms with Crippen LogP contribution in [-0.4, -0.2) is 4.98 Å². The molecule has 1 aliphatic rings. The maximum absolute atomic E-state index is 6.30. The molecule has 3 heteroatoms. The van der Waals surface area contributed by atoms with E-state index in [1.54, 1.807) is 11.3 Å². The Hall–Kier alpha value is -1.19. The van der Waals surface area contributed by atoms with Crippen molar-refractivity contribution in [1.82, 2.24) is 4.98 Å². The van der Waals surface area contributed by atoms with Crippen LogP contribution in [0.1, 0.15) is 53.7 Å². The molecule has 1 fully saturated rings. The average Bonchev–Trinajstić information content (AvgIpc) is 3.11. The van der Waals surface area contributed by atoms with E-state index < -0.39 is 0 Å². The number of aromatic nitrogens is 1. The van der Waals surface area contributed by atoms with Crippen LogP contribution in [0.5, 0.6) is 0 Å². The maximum atomic E-state index is 6.30. The van der Waals surface area contributed by atoms with E-state index in [1.807, 2.05) is 0 Å². The molecule has 2 nitrogen and oxygen atoms in total. The van der Waals surface area contributed by atoms with Crippen molar-refractivity contribution in [3.63, 3.8) is 0 Å². The van der Waals surface area contributed by atoms with Gasteiger partial charge >= 0.3 is 0 Å². The largest absolute Gasteiger partial charge is 0.321 e. The fraction of sp³-hybridized carbons (Fsp3) is 0.438. The smallest absolute Gasteiger partial charge is 0.0975 e. The van der Waals surface area contributed by atoms with E-state index in [1.165, 1.54) is 34.0 Å². The number of benzene rings is 1. The molecular formula is C16H20N2S. The molecule has 0 spiro atoms. The Morgan fingerprint density at radius 3 is 2.53 bits per heavy atom. The van der Waals surface area contributed by atoms with Crippen LogP contribution in [0.2, 0.25) is 0 Å². The number of thiazole rings is 1. The van der Waals surface area contributed by atoms with E-state index in [-0.39, 0.29) is 5.54 Å². The third-order valence-corrected chi connectivity index (χ3v) is 4.86. The molecule has 1 saturated carbocycles. The van der Waals surface area contributed by atoms with Gasteiger partial charge in [0.15, 0.2) is 0 Å². The summed E-state index contributed by atoms with van der Waals surface area (Å²) in [6.07, 6.45) is 3.47. The molecule has 0 atom stereocenters. The molecule has 0 bridgehead atoms. The van der Waals surface area contributed by atoms with Gasteiger partial charge in [-0.1, -0.05) is 30.3 Å². The fourth-order valence-corrected chi connectivity index (χ4v) is 3.52. The Kier molecular flexibility index (Phi) is 3.19. The first-order valence-corrected chi connectivity index (χ1v) is 7.68. The summed E-state index contributed by atoms with van der Waals surface area (Å²) >= 11 is 1.79. The van der Waals surface area contributed by atoms with E-state index in [0.717, 1.165) is 6.42 Å². The first-order chi connectivity index (χ1) is 9.04. The van der Waals surface area contributed by atoms with E-state index in [9.17, 15) is 0 Å². The van der Waals surface area contributed by atoms with Crippen molar-refractivity contribution >= 4 is 11.3 Å². The van der Waals surface area contributed by atoms with Crippen LogP contribution in [0, 0.1) is 0 Å². The molecule has 1 heterocycles. The standard InChI is InChI=1S/C16H20N2S/c1-16(2,17)15-14(12-8-9-12)18-13(19-15)10-11-6-4-3-5-7-11/h3-7,12H,8-10,17H2,1-2H3. The summed E-state index contributed by atoms with van der Waals surface area (Å²) < 4.78 is 0. The lowest BCUT2D eigenvalue weighted by Gasteiger charge is -2.17. The summed E-state index contributed by atoms with van der Waals surface area (Å²) in [6.45, 7) is 4.16. The van der Waals surface area contributed by atoms with Crippen molar-refractivity contribution in [3.05, 3.63) is 51.5 Å². The van der Waals surface area contributed by atoms with Gasteiger partial charge in [0.25, 0.3) is 0 Å². The van der Waals surface area contributed by atoms with Gasteiger partial charge in [-0.05, 0) is 32.3 Å². The van der Waals surface area contributed by atoms with E-state index in [0.29, 0.717) is 5.92 Å². The Bertz CT molecular complexity index is 562. The molecule has 0 saturated heterocycles. The van der Waals surface area contributed by atoms with Crippen LogP contribution in [0.3, 0.4) is 0 Å². The van der Waals surface area contributed by atoms with Crippen LogP contribution in [0.25, 0.3) is 0 Å². The van der Waals surface area contributed by atoms with Crippen molar-refractivity contribution in [3.8, 4) is 0 Å². The molecule has 2 aromatic rings. The molecule has 100 valence electrons. The van der Waals surface area contributed by atoms with E-state index in [2.05, 4.69) is 44.2 Å². The van der Waals surface area contributed by atoms with Gasteiger partial charge in [0.2, 0.25) is 0 Å². The third-order valence-electron chi connectivity index (χ3n) is 3.45. The lowest BCUT2D eigenvalue weighted by Crippen LogP contribution is -2.28. The Labute approximate surface area is 118 Å². The van der Waals surface area contributed by atoms with E-state index >= 15 is 0 Å². The zero-order valence-corrected chi connectivity index (χ0v) is 12.3. The zero-order valence-electron chi connectivity index (χ0n) is 11.5. The van der Waals surface area contributed by atoms with Crippen molar-refractivity contribution < 1.29 is 0 Å². The Morgan fingerprint density at radius 2 is 1.95 bits per heavy atom. The minimum atomic E-state index is -0.273. The van der Waals surface area contributed by atoms with Crippen LogP contribution < -0.4 is 5.73 Å². The molecule has 0 unspecified atom stereocenters. The van der Waals surface area contributed by atoms with Gasteiger partial charge < -0.3 is 5.73 Å². The monoisotopic (exact) mass is 272 g/mol. The van der Waals surface area contributed by atoms with Crippen LogP contribution in [-0.2, 0) is 12.0 Å². The molecule has 1 aromatic carbocycles. The minimum Gasteiger partial charge on any atom is -0.321 e. The summed E-state index contributed by atoms with van der Waals surface area (Å²) in [6, 6.07) is 10.5. The van der Waals surface area contributed by atoms with Gasteiger partial charge in [0.05, 0.1) is 10.7 Å². The second kappa shape index (κ2) is 4.73. The van der Waals surface area contributed by atoms with Crippen molar-refractivity contribution in [2.75, 3.05) is 0 Å². The molecule has 2 N–H and O–H groups in total. The van der Waals surface area contributed by atoms with Gasteiger partial charge in [-0.25, -0.2) is 4.98 Å². The predicted molar refractivity (Wildman–Crippen MR) is 80.6 cm³/mol. The van der Waals surface area contributed by atoms with Gasteiger partial charge in [-0.15, -0.1) is 11.3 Å². The van der Waals surface area contributed by atoms with Crippen molar-refractivity contribution in [1.29, 1.82) is 0 Å². The number of nitrogens with two attached hydrogens (primary N) is 1. The van der Waals surface area contributed by atoms with Crippen LogP contribution >= 0.6 is 11.3 Å². The zero-order chi connectivity index (χ0) is 13.5. The quantitative estimate of drug-likeness (QED) is 0.919. The normalized spacial score (nSPS) is 15.7. The molecule has 3 rings (SSSR count). The number of rotatable bonds is 4. The molecule has 0 amide bonds. The summed E-state index contributed by atoms with van der Waals surface area (Å²) in [5.74, 6) is 0.665. The SMILES string of the molecule is CC(C)(N)c1sc(Cc2ccccc2)nc1C1CC1. The summed E-state index contributed by atoms with van der Waals surface area (Å²) in [4.78, 5) is 6.15.